The highest BCUT2D eigenvalue weighted by Crippen LogP contribution is 2.52. The molecular weight excluding hydrogens is 310 g/mol. The van der Waals surface area contributed by atoms with Gasteiger partial charge < -0.3 is 15.4 Å². The van der Waals surface area contributed by atoms with Gasteiger partial charge in [-0.3, -0.25) is 0 Å². The van der Waals surface area contributed by atoms with E-state index in [-0.39, 0.29) is 22.9 Å². The summed E-state index contributed by atoms with van der Waals surface area (Å²) in [7, 11) is 0. The number of carbonyl (C=O) groups is 1. The van der Waals surface area contributed by atoms with Crippen LogP contribution < -0.4 is 10.6 Å². The smallest absolute Gasteiger partial charge is 0.315 e. The molecule has 3 atom stereocenters. The second-order valence-corrected chi connectivity index (χ2v) is 9.19. The number of carbonyl (C=O) groups excluding carboxylic acids is 1. The van der Waals surface area contributed by atoms with Gasteiger partial charge in [-0.15, -0.1) is 11.3 Å². The lowest BCUT2D eigenvalue weighted by molar-refractivity contribution is -0.108. The molecule has 2 heterocycles. The van der Waals surface area contributed by atoms with Crippen molar-refractivity contribution in [1.82, 2.24) is 15.6 Å². The van der Waals surface area contributed by atoms with Gasteiger partial charge in [-0.25, -0.2) is 9.78 Å². The molecule has 2 aliphatic rings. The number of amides is 2. The van der Waals surface area contributed by atoms with Gasteiger partial charge in [0, 0.05) is 34.8 Å². The maximum absolute atomic E-state index is 12.2. The summed E-state index contributed by atoms with van der Waals surface area (Å²) in [6.45, 7) is 12.1. The number of hydrogen-bond acceptors (Lipinski definition) is 4. The molecule has 23 heavy (non-hydrogen) atoms. The van der Waals surface area contributed by atoms with Gasteiger partial charge in [-0.2, -0.15) is 0 Å². The van der Waals surface area contributed by atoms with Gasteiger partial charge in [0.1, 0.15) is 5.01 Å². The summed E-state index contributed by atoms with van der Waals surface area (Å²) >= 11 is 1.60. The molecule has 1 saturated heterocycles. The molecular formula is C17H27N3O2S. The number of nitrogens with one attached hydrogen (secondary N) is 2. The van der Waals surface area contributed by atoms with Crippen LogP contribution in [0.15, 0.2) is 5.38 Å². The standard InChI is InChI=1S/C17H27N3O2S/c1-16(2,3)11-9-23-12(19-11)8-18-15(21)20-13-10-6-7-22-14(10)17(13,4)5/h9-10,13-14H,6-8H2,1-5H3,(H2,18,20,21)/t10-,13-,14+/m1/s1. The predicted octanol–water partition coefficient (Wildman–Crippen LogP) is 3.05. The molecule has 1 aliphatic heterocycles. The van der Waals surface area contributed by atoms with Crippen molar-refractivity contribution in [2.24, 2.45) is 11.3 Å². The first-order valence-corrected chi connectivity index (χ1v) is 9.18. The van der Waals surface area contributed by atoms with E-state index in [2.05, 4.69) is 55.6 Å². The second kappa shape index (κ2) is 5.74. The first-order chi connectivity index (χ1) is 10.7. The number of urea groups is 1. The van der Waals surface area contributed by atoms with Gasteiger partial charge in [0.05, 0.1) is 18.3 Å². The van der Waals surface area contributed by atoms with Gasteiger partial charge in [0.2, 0.25) is 0 Å². The zero-order valence-electron chi connectivity index (χ0n) is 14.6. The summed E-state index contributed by atoms with van der Waals surface area (Å²) in [5.74, 6) is 0.461. The molecule has 1 aromatic rings. The number of fused-ring (bicyclic) bond motifs is 1. The van der Waals surface area contributed by atoms with Crippen molar-refractivity contribution in [2.75, 3.05) is 6.61 Å². The van der Waals surface area contributed by atoms with Crippen molar-refractivity contribution in [3.8, 4) is 0 Å². The number of rotatable bonds is 3. The van der Waals surface area contributed by atoms with Crippen LogP contribution >= 0.6 is 11.3 Å². The van der Waals surface area contributed by atoms with Gasteiger partial charge in [0.15, 0.2) is 0 Å². The van der Waals surface area contributed by atoms with Crippen molar-refractivity contribution in [2.45, 2.75) is 65.1 Å². The van der Waals surface area contributed by atoms with E-state index in [1.807, 2.05) is 0 Å². The van der Waals surface area contributed by atoms with Crippen LogP contribution in [-0.2, 0) is 16.7 Å². The van der Waals surface area contributed by atoms with Crippen LogP contribution in [0.5, 0.6) is 0 Å². The monoisotopic (exact) mass is 337 g/mol. The highest BCUT2D eigenvalue weighted by molar-refractivity contribution is 7.09. The molecule has 2 fully saturated rings. The second-order valence-electron chi connectivity index (χ2n) is 8.25. The maximum atomic E-state index is 12.2. The summed E-state index contributed by atoms with van der Waals surface area (Å²) in [6.07, 6.45) is 1.33. The fraction of sp³-hybridized carbons (Fsp3) is 0.765. The third-order valence-corrected chi connectivity index (χ3v) is 5.96. The SMILES string of the molecule is CC(C)(C)c1csc(CNC(=O)N[C@@H]2[C@H]3CCO[C@@H]3C2(C)C)n1. The Bertz CT molecular complexity index is 591. The lowest BCUT2D eigenvalue weighted by atomic mass is 9.57. The average Bonchev–Trinajstić information content (AvgIpc) is 3.09. The molecule has 2 amide bonds. The van der Waals surface area contributed by atoms with E-state index >= 15 is 0 Å². The molecule has 0 radical (unpaired) electrons. The zero-order chi connectivity index (χ0) is 16.8. The van der Waals surface area contributed by atoms with Gasteiger partial charge >= 0.3 is 6.03 Å². The first kappa shape index (κ1) is 16.7. The molecule has 0 aromatic carbocycles. The van der Waals surface area contributed by atoms with Crippen LogP contribution in [0.3, 0.4) is 0 Å². The minimum atomic E-state index is -0.110. The Kier molecular flexibility index (Phi) is 4.17. The maximum Gasteiger partial charge on any atom is 0.315 e. The zero-order valence-corrected chi connectivity index (χ0v) is 15.4. The number of aromatic nitrogens is 1. The van der Waals surface area contributed by atoms with Crippen LogP contribution in [0.1, 0.15) is 51.7 Å². The van der Waals surface area contributed by atoms with E-state index in [1.165, 1.54) is 0 Å². The average molecular weight is 337 g/mol. The third kappa shape index (κ3) is 3.11. The molecule has 0 spiro atoms. The van der Waals surface area contributed by atoms with Crippen molar-refractivity contribution in [3.05, 3.63) is 16.1 Å². The highest BCUT2D eigenvalue weighted by atomic mass is 32.1. The van der Waals surface area contributed by atoms with E-state index in [1.54, 1.807) is 11.3 Å². The fourth-order valence-electron chi connectivity index (χ4n) is 3.70. The third-order valence-electron chi connectivity index (χ3n) is 5.11. The van der Waals surface area contributed by atoms with Gasteiger partial charge in [0.25, 0.3) is 0 Å². The van der Waals surface area contributed by atoms with E-state index in [0.717, 1.165) is 23.7 Å². The minimum Gasteiger partial charge on any atom is -0.377 e. The molecule has 1 aromatic heterocycles. The molecule has 0 unspecified atom stereocenters. The van der Waals surface area contributed by atoms with E-state index in [0.29, 0.717) is 18.6 Å². The van der Waals surface area contributed by atoms with Crippen LogP contribution in [0.25, 0.3) is 0 Å². The molecule has 0 bridgehead atoms. The largest absolute Gasteiger partial charge is 0.377 e. The topological polar surface area (TPSA) is 63.2 Å². The van der Waals surface area contributed by atoms with Crippen molar-refractivity contribution < 1.29 is 9.53 Å². The highest BCUT2D eigenvalue weighted by Gasteiger charge is 2.59. The Labute approximate surface area is 142 Å². The molecule has 1 saturated carbocycles. The Morgan fingerprint density at radius 2 is 2.22 bits per heavy atom. The summed E-state index contributed by atoms with van der Waals surface area (Å²) in [5.41, 5.74) is 1.13. The van der Waals surface area contributed by atoms with Crippen LogP contribution in [-0.4, -0.2) is 29.8 Å². The van der Waals surface area contributed by atoms with E-state index in [4.69, 9.17) is 4.74 Å². The molecule has 6 heteroatoms. The van der Waals surface area contributed by atoms with Crippen molar-refractivity contribution in [1.29, 1.82) is 0 Å². The summed E-state index contributed by atoms with van der Waals surface area (Å²) in [6, 6.07) is 0.0809. The molecule has 5 nitrogen and oxygen atoms in total. The van der Waals surface area contributed by atoms with Gasteiger partial charge in [-0.05, 0) is 6.42 Å². The molecule has 2 N–H and O–H groups in total. The Morgan fingerprint density at radius 3 is 2.87 bits per heavy atom. The number of thiazole rings is 1. The lowest BCUT2D eigenvalue weighted by Crippen LogP contribution is -2.67. The number of nitrogens with zero attached hydrogens (tertiary/aromatic N) is 1. The molecule has 128 valence electrons. The van der Waals surface area contributed by atoms with Gasteiger partial charge in [-0.1, -0.05) is 34.6 Å². The summed E-state index contributed by atoms with van der Waals surface area (Å²) in [5, 5.41) is 9.09. The van der Waals surface area contributed by atoms with Crippen LogP contribution in [0, 0.1) is 11.3 Å². The quantitative estimate of drug-likeness (QED) is 0.891. The number of ether oxygens (including phenoxy) is 1. The summed E-state index contributed by atoms with van der Waals surface area (Å²) < 4.78 is 5.76. The van der Waals surface area contributed by atoms with E-state index in [9.17, 15) is 4.79 Å². The minimum absolute atomic E-state index is 0.0130. The van der Waals surface area contributed by atoms with Crippen molar-refractivity contribution in [3.63, 3.8) is 0 Å². The number of hydrogen-bond donors (Lipinski definition) is 2. The molecule has 3 rings (SSSR count). The normalized spacial score (nSPS) is 28.8. The Hall–Kier alpha value is -1.14. The fourth-order valence-corrected chi connectivity index (χ4v) is 4.66. The van der Waals surface area contributed by atoms with Crippen molar-refractivity contribution >= 4 is 17.4 Å². The summed E-state index contributed by atoms with van der Waals surface area (Å²) in [4.78, 5) is 16.8. The predicted molar refractivity (Wildman–Crippen MR) is 91.6 cm³/mol. The first-order valence-electron chi connectivity index (χ1n) is 8.30. The lowest BCUT2D eigenvalue weighted by Gasteiger charge is -2.54. The molecule has 1 aliphatic carbocycles. The van der Waals surface area contributed by atoms with E-state index < -0.39 is 0 Å². The van der Waals surface area contributed by atoms with Crippen LogP contribution in [0.4, 0.5) is 4.79 Å². The Balaban J connectivity index is 1.51. The Morgan fingerprint density at radius 1 is 1.48 bits per heavy atom. The van der Waals surface area contributed by atoms with Crippen LogP contribution in [0.2, 0.25) is 0 Å².